The molecule has 0 saturated heterocycles. The third-order valence-electron chi connectivity index (χ3n) is 4.51. The van der Waals surface area contributed by atoms with E-state index in [1.54, 1.807) is 25.2 Å². The van der Waals surface area contributed by atoms with Gasteiger partial charge < -0.3 is 20.3 Å². The van der Waals surface area contributed by atoms with Crippen molar-refractivity contribution < 1.29 is 19.5 Å². The first-order valence-electron chi connectivity index (χ1n) is 10.2. The number of carbonyl (C=O) groups excluding carboxylic acids is 2. The molecule has 36 heavy (non-hydrogen) atoms. The number of carboxylic acids is 1. The molecule has 0 saturated carbocycles. The highest BCUT2D eigenvalue weighted by molar-refractivity contribution is 6.40. The molecule has 0 aliphatic carbocycles. The summed E-state index contributed by atoms with van der Waals surface area (Å²) in [7, 11) is 1.56. The van der Waals surface area contributed by atoms with Gasteiger partial charge in [0.05, 0.1) is 15.6 Å². The molecule has 0 atom stereocenters. The van der Waals surface area contributed by atoms with Crippen LogP contribution >= 0.6 is 23.2 Å². The van der Waals surface area contributed by atoms with E-state index in [1.807, 2.05) is 32.0 Å². The second kappa shape index (κ2) is 14.3. The van der Waals surface area contributed by atoms with E-state index in [0.717, 1.165) is 11.1 Å². The average Bonchev–Trinajstić information content (AvgIpc) is 2.81. The lowest BCUT2D eigenvalue weighted by Crippen LogP contribution is -2.30. The van der Waals surface area contributed by atoms with Gasteiger partial charge in [-0.2, -0.15) is 4.98 Å². The Balaban J connectivity index is 0.000000346. The van der Waals surface area contributed by atoms with Crippen LogP contribution in [0.4, 0.5) is 5.82 Å². The normalized spacial score (nSPS) is 9.53. The summed E-state index contributed by atoms with van der Waals surface area (Å²) in [6.07, 6.45) is 9.50. The monoisotopic (exact) mass is 530 g/mol. The number of hydrogen-bond donors (Lipinski definition) is 3. The summed E-state index contributed by atoms with van der Waals surface area (Å²) in [5.74, 6) is -1.76. The Hall–Kier alpha value is -4.13. The molecule has 0 spiro atoms. The molecule has 0 fully saturated rings. The van der Waals surface area contributed by atoms with E-state index in [1.165, 1.54) is 16.8 Å². The van der Waals surface area contributed by atoms with E-state index in [4.69, 9.17) is 28.3 Å². The minimum Gasteiger partial charge on any atom is -0.480 e. The standard InChI is InChI=1S/C12H9Cl2N3O2.C11H13NO3.C2H2/c1-17-6-5-9(16-12(17)19)15-11(18)10-7(13)3-2-4-8(10)14;1-7-4-3-5-8(2)10(7)11(15)12-6-9(13)14;1-2/h2-6H,1H3,(H,15,16,18,19);3-5H,6H2,1-2H3,(H,12,15)(H,13,14);1-2H. The van der Waals surface area contributed by atoms with Crippen LogP contribution in [0.25, 0.3) is 0 Å². The van der Waals surface area contributed by atoms with Gasteiger partial charge in [0.15, 0.2) is 0 Å². The highest BCUT2D eigenvalue weighted by Crippen LogP contribution is 2.24. The number of aliphatic carboxylic acids is 1. The van der Waals surface area contributed by atoms with Gasteiger partial charge in [-0.3, -0.25) is 14.4 Å². The van der Waals surface area contributed by atoms with Crippen LogP contribution in [-0.4, -0.2) is 39.0 Å². The summed E-state index contributed by atoms with van der Waals surface area (Å²) in [4.78, 5) is 49.0. The highest BCUT2D eigenvalue weighted by atomic mass is 35.5. The SMILES string of the molecule is C#C.Cc1cccc(C)c1C(=O)NCC(=O)O.Cn1ccc(NC(=O)c2c(Cl)cccc2Cl)nc1=O. The Morgan fingerprint density at radius 3 is 1.97 bits per heavy atom. The number of aromatic nitrogens is 2. The molecule has 1 aromatic heterocycles. The summed E-state index contributed by atoms with van der Waals surface area (Å²) < 4.78 is 1.29. The van der Waals surface area contributed by atoms with Crippen molar-refractivity contribution in [2.45, 2.75) is 13.8 Å². The molecule has 3 rings (SSSR count). The first-order chi connectivity index (χ1) is 17.0. The lowest BCUT2D eigenvalue weighted by Gasteiger charge is -2.08. The van der Waals surface area contributed by atoms with Crippen molar-refractivity contribution in [2.24, 2.45) is 7.05 Å². The van der Waals surface area contributed by atoms with E-state index in [0.29, 0.717) is 5.56 Å². The van der Waals surface area contributed by atoms with Crippen molar-refractivity contribution in [3.63, 3.8) is 0 Å². The van der Waals surface area contributed by atoms with Gasteiger partial charge in [-0.1, -0.05) is 47.5 Å². The Kier molecular flexibility index (Phi) is 11.9. The highest BCUT2D eigenvalue weighted by Gasteiger charge is 2.15. The van der Waals surface area contributed by atoms with Crippen molar-refractivity contribution in [1.82, 2.24) is 14.9 Å². The predicted octanol–water partition coefficient (Wildman–Crippen LogP) is 3.71. The van der Waals surface area contributed by atoms with Crippen LogP contribution in [0.5, 0.6) is 0 Å². The van der Waals surface area contributed by atoms with Gasteiger partial charge in [0.25, 0.3) is 11.8 Å². The number of aryl methyl sites for hydroxylation is 3. The number of carboxylic acid groups (broad SMARTS) is 1. The second-order valence-corrected chi connectivity index (χ2v) is 7.91. The van der Waals surface area contributed by atoms with Crippen LogP contribution in [0.1, 0.15) is 31.8 Å². The van der Waals surface area contributed by atoms with Gasteiger partial charge >= 0.3 is 11.7 Å². The van der Waals surface area contributed by atoms with E-state index in [9.17, 15) is 19.2 Å². The molecule has 0 radical (unpaired) electrons. The molecule has 0 aliphatic rings. The minimum absolute atomic E-state index is 0.143. The lowest BCUT2D eigenvalue weighted by molar-refractivity contribution is -0.135. The number of nitrogens with one attached hydrogen (secondary N) is 2. The van der Waals surface area contributed by atoms with Gasteiger partial charge in [-0.25, -0.2) is 4.79 Å². The van der Waals surface area contributed by atoms with Crippen molar-refractivity contribution >= 4 is 46.8 Å². The summed E-state index contributed by atoms with van der Waals surface area (Å²) in [6.45, 7) is 3.29. The number of rotatable bonds is 5. The zero-order valence-electron chi connectivity index (χ0n) is 19.7. The van der Waals surface area contributed by atoms with Gasteiger partial charge in [-0.15, -0.1) is 12.8 Å². The maximum Gasteiger partial charge on any atom is 0.349 e. The number of carbonyl (C=O) groups is 3. The number of halogens is 2. The summed E-state index contributed by atoms with van der Waals surface area (Å²) in [6, 6.07) is 11.8. The predicted molar refractivity (Wildman–Crippen MR) is 140 cm³/mol. The van der Waals surface area contributed by atoms with Gasteiger partial charge in [0, 0.05) is 18.8 Å². The molecule has 3 N–H and O–H groups in total. The number of anilines is 1. The lowest BCUT2D eigenvalue weighted by atomic mass is 10.0. The van der Waals surface area contributed by atoms with Crippen molar-refractivity contribution in [3.8, 4) is 12.8 Å². The maximum absolute atomic E-state index is 12.0. The second-order valence-electron chi connectivity index (χ2n) is 7.10. The molecule has 3 aromatic rings. The largest absolute Gasteiger partial charge is 0.480 e. The maximum atomic E-state index is 12.0. The summed E-state index contributed by atoms with van der Waals surface area (Å²) in [5, 5.41) is 13.7. The summed E-state index contributed by atoms with van der Waals surface area (Å²) in [5.41, 5.74) is 1.92. The van der Waals surface area contributed by atoms with Crippen LogP contribution in [-0.2, 0) is 11.8 Å². The molecule has 2 aromatic carbocycles. The molecular formula is C25H24Cl2N4O5. The van der Waals surface area contributed by atoms with E-state index < -0.39 is 17.6 Å². The van der Waals surface area contributed by atoms with Crippen LogP contribution in [0, 0.1) is 26.7 Å². The van der Waals surface area contributed by atoms with Crippen LogP contribution in [0.3, 0.4) is 0 Å². The third-order valence-corrected chi connectivity index (χ3v) is 5.14. The molecule has 1 heterocycles. The zero-order valence-corrected chi connectivity index (χ0v) is 21.2. The minimum atomic E-state index is -1.05. The quantitative estimate of drug-likeness (QED) is 0.431. The number of terminal acetylenes is 1. The van der Waals surface area contributed by atoms with E-state index in [-0.39, 0.29) is 33.9 Å². The fourth-order valence-electron chi connectivity index (χ4n) is 2.85. The van der Waals surface area contributed by atoms with Crippen LogP contribution < -0.4 is 16.3 Å². The topological polar surface area (TPSA) is 130 Å². The Labute approximate surface area is 218 Å². The Morgan fingerprint density at radius 1 is 0.944 bits per heavy atom. The smallest absolute Gasteiger partial charge is 0.349 e. The number of hydrogen-bond acceptors (Lipinski definition) is 5. The zero-order chi connectivity index (χ0) is 27.4. The Morgan fingerprint density at radius 2 is 1.47 bits per heavy atom. The Bertz CT molecular complexity index is 1300. The van der Waals surface area contributed by atoms with E-state index in [2.05, 4.69) is 28.5 Å². The fourth-order valence-corrected chi connectivity index (χ4v) is 3.41. The molecule has 0 aliphatic heterocycles. The summed E-state index contributed by atoms with van der Waals surface area (Å²) >= 11 is 11.8. The number of nitrogens with zero attached hydrogens (tertiary/aromatic N) is 2. The van der Waals surface area contributed by atoms with Crippen molar-refractivity contribution in [2.75, 3.05) is 11.9 Å². The molecule has 11 heteroatoms. The van der Waals surface area contributed by atoms with E-state index >= 15 is 0 Å². The molecule has 9 nitrogen and oxygen atoms in total. The fraction of sp³-hybridized carbons (Fsp3) is 0.160. The molecule has 2 amide bonds. The van der Waals surface area contributed by atoms with Gasteiger partial charge in [0.2, 0.25) is 0 Å². The first-order valence-corrected chi connectivity index (χ1v) is 11.0. The molecular weight excluding hydrogens is 507 g/mol. The third kappa shape index (κ3) is 8.58. The van der Waals surface area contributed by atoms with Crippen LogP contribution in [0.15, 0.2) is 53.5 Å². The molecule has 188 valence electrons. The molecule has 0 bridgehead atoms. The van der Waals surface area contributed by atoms with Gasteiger partial charge in [0.1, 0.15) is 12.4 Å². The van der Waals surface area contributed by atoms with Crippen LogP contribution in [0.2, 0.25) is 10.0 Å². The first kappa shape index (κ1) is 29.9. The number of amides is 2. The van der Waals surface area contributed by atoms with Crippen molar-refractivity contribution in [3.05, 3.63) is 91.4 Å². The molecule has 0 unspecified atom stereocenters. The number of benzene rings is 2. The van der Waals surface area contributed by atoms with Gasteiger partial charge in [-0.05, 0) is 43.2 Å². The average molecular weight is 531 g/mol. The van der Waals surface area contributed by atoms with Crippen molar-refractivity contribution in [1.29, 1.82) is 0 Å².